The zero-order valence-electron chi connectivity index (χ0n) is 11.3. The number of hydrogen-bond donors (Lipinski definition) is 2. The fourth-order valence-electron chi connectivity index (χ4n) is 2.83. The van der Waals surface area contributed by atoms with Crippen molar-refractivity contribution in [2.24, 2.45) is 5.73 Å². The number of halogens is 1. The molecule has 0 aromatic heterocycles. The molecule has 106 valence electrons. The second-order valence-electron chi connectivity index (χ2n) is 5.05. The smallest absolute Gasteiger partial charge is 0.224 e. The van der Waals surface area contributed by atoms with Crippen LogP contribution in [0.25, 0.3) is 10.8 Å². The number of carbonyl (C=O) groups is 1. The fraction of sp³-hybridized carbons (Fsp3) is 0.312. The number of carbonyl (C=O) groups excluding carboxylic acids is 1. The first-order chi connectivity index (χ1) is 9.29. The molecule has 3 rings (SSSR count). The predicted octanol–water partition coefficient (Wildman–Crippen LogP) is 3.04. The lowest BCUT2D eigenvalue weighted by Crippen LogP contribution is -2.13. The minimum atomic E-state index is 0. The van der Waals surface area contributed by atoms with E-state index in [1.807, 2.05) is 6.07 Å². The third-order valence-electron chi connectivity index (χ3n) is 3.76. The molecule has 1 amide bonds. The number of aryl methyl sites for hydroxylation is 2. The van der Waals surface area contributed by atoms with Gasteiger partial charge in [-0.3, -0.25) is 4.79 Å². The summed E-state index contributed by atoms with van der Waals surface area (Å²) in [4.78, 5) is 11.8. The molecule has 0 aliphatic heterocycles. The monoisotopic (exact) mass is 290 g/mol. The highest BCUT2D eigenvalue weighted by atomic mass is 35.5. The number of nitrogens with two attached hydrogens (primary N) is 1. The lowest BCUT2D eigenvalue weighted by atomic mass is 10.0. The third-order valence-corrected chi connectivity index (χ3v) is 3.76. The van der Waals surface area contributed by atoms with Gasteiger partial charge in [-0.05, 0) is 48.4 Å². The molecular formula is C16H19ClN2O. The van der Waals surface area contributed by atoms with Crippen molar-refractivity contribution < 1.29 is 4.79 Å². The van der Waals surface area contributed by atoms with E-state index in [-0.39, 0.29) is 18.3 Å². The van der Waals surface area contributed by atoms with Crippen LogP contribution in [0.5, 0.6) is 0 Å². The summed E-state index contributed by atoms with van der Waals surface area (Å²) in [5, 5.41) is 5.50. The van der Waals surface area contributed by atoms with Crippen molar-refractivity contribution in [2.75, 3.05) is 11.9 Å². The maximum absolute atomic E-state index is 11.8. The van der Waals surface area contributed by atoms with Crippen molar-refractivity contribution in [2.45, 2.75) is 25.7 Å². The van der Waals surface area contributed by atoms with E-state index in [2.05, 4.69) is 29.6 Å². The largest absolute Gasteiger partial charge is 0.330 e. The molecule has 0 saturated carbocycles. The molecule has 2 aromatic carbocycles. The minimum absolute atomic E-state index is 0. The summed E-state index contributed by atoms with van der Waals surface area (Å²) in [6.45, 7) is 0.553. The standard InChI is InChI=1S/C16H18N2O.ClH/c17-10-2-5-15(19)18-14-9-8-12-7-6-11-3-1-4-13(14)16(11)12;/h1,3-4,8-9H,2,5-7,10,17H2,(H,18,19);1H. The van der Waals surface area contributed by atoms with Gasteiger partial charge in [-0.15, -0.1) is 12.4 Å². The molecule has 0 spiro atoms. The quantitative estimate of drug-likeness (QED) is 0.909. The van der Waals surface area contributed by atoms with Gasteiger partial charge in [0, 0.05) is 17.5 Å². The number of rotatable bonds is 4. The molecule has 0 heterocycles. The maximum Gasteiger partial charge on any atom is 0.224 e. The van der Waals surface area contributed by atoms with Crippen LogP contribution in [0, 0.1) is 0 Å². The van der Waals surface area contributed by atoms with Crippen molar-refractivity contribution in [3.05, 3.63) is 41.5 Å². The first-order valence-electron chi connectivity index (χ1n) is 6.83. The van der Waals surface area contributed by atoms with E-state index in [1.54, 1.807) is 0 Å². The summed E-state index contributed by atoms with van der Waals surface area (Å²) in [7, 11) is 0. The zero-order valence-corrected chi connectivity index (χ0v) is 12.1. The summed E-state index contributed by atoms with van der Waals surface area (Å²) >= 11 is 0. The highest BCUT2D eigenvalue weighted by Gasteiger charge is 2.16. The Morgan fingerprint density at radius 3 is 2.65 bits per heavy atom. The van der Waals surface area contributed by atoms with Crippen molar-refractivity contribution in [3.8, 4) is 0 Å². The van der Waals surface area contributed by atoms with E-state index in [9.17, 15) is 4.79 Å². The molecule has 0 fully saturated rings. The molecule has 0 unspecified atom stereocenters. The Morgan fingerprint density at radius 1 is 1.15 bits per heavy atom. The number of amides is 1. The van der Waals surface area contributed by atoms with Crippen molar-refractivity contribution in [1.29, 1.82) is 0 Å². The normalized spacial score (nSPS) is 12.2. The van der Waals surface area contributed by atoms with Crippen LogP contribution < -0.4 is 11.1 Å². The molecule has 4 heteroatoms. The van der Waals surface area contributed by atoms with Gasteiger partial charge >= 0.3 is 0 Å². The van der Waals surface area contributed by atoms with E-state index >= 15 is 0 Å². The van der Waals surface area contributed by atoms with Gasteiger partial charge in [0.2, 0.25) is 5.91 Å². The highest BCUT2D eigenvalue weighted by molar-refractivity contribution is 6.05. The Morgan fingerprint density at radius 2 is 1.90 bits per heavy atom. The van der Waals surface area contributed by atoms with Gasteiger partial charge in [0.15, 0.2) is 0 Å². The van der Waals surface area contributed by atoms with E-state index < -0.39 is 0 Å². The Balaban J connectivity index is 0.00000147. The molecular weight excluding hydrogens is 272 g/mol. The molecule has 1 aliphatic carbocycles. The first-order valence-corrected chi connectivity index (χ1v) is 6.83. The molecule has 2 aromatic rings. The first kappa shape index (κ1) is 14.8. The average molecular weight is 291 g/mol. The van der Waals surface area contributed by atoms with Crippen LogP contribution in [-0.4, -0.2) is 12.5 Å². The second-order valence-corrected chi connectivity index (χ2v) is 5.05. The minimum Gasteiger partial charge on any atom is -0.330 e. The third kappa shape index (κ3) is 2.65. The molecule has 20 heavy (non-hydrogen) atoms. The Bertz CT molecular complexity index is 629. The average Bonchev–Trinajstić information content (AvgIpc) is 2.85. The summed E-state index contributed by atoms with van der Waals surface area (Å²) in [6, 6.07) is 10.5. The Kier molecular flexibility index (Phi) is 4.63. The molecule has 3 nitrogen and oxygen atoms in total. The lowest BCUT2D eigenvalue weighted by Gasteiger charge is -2.10. The van der Waals surface area contributed by atoms with Gasteiger partial charge in [-0.1, -0.05) is 24.3 Å². The molecule has 3 N–H and O–H groups in total. The van der Waals surface area contributed by atoms with Gasteiger partial charge in [-0.2, -0.15) is 0 Å². The van der Waals surface area contributed by atoms with Crippen molar-refractivity contribution >= 4 is 34.8 Å². The van der Waals surface area contributed by atoms with Gasteiger partial charge < -0.3 is 11.1 Å². The van der Waals surface area contributed by atoms with Crippen molar-refractivity contribution in [1.82, 2.24) is 0 Å². The van der Waals surface area contributed by atoms with Gasteiger partial charge in [0.05, 0.1) is 0 Å². The number of benzene rings is 2. The lowest BCUT2D eigenvalue weighted by molar-refractivity contribution is -0.116. The van der Waals surface area contributed by atoms with Crippen LogP contribution in [0.1, 0.15) is 24.0 Å². The number of nitrogens with one attached hydrogen (secondary N) is 1. The SMILES string of the molecule is Cl.NCCCC(=O)Nc1ccc2c3c(cccc13)CC2. The topological polar surface area (TPSA) is 55.1 Å². The Hall–Kier alpha value is -1.58. The van der Waals surface area contributed by atoms with Gasteiger partial charge in [0.1, 0.15) is 0 Å². The fourth-order valence-corrected chi connectivity index (χ4v) is 2.83. The summed E-state index contributed by atoms with van der Waals surface area (Å²) in [6.07, 6.45) is 3.43. The van der Waals surface area contributed by atoms with E-state index in [0.29, 0.717) is 13.0 Å². The predicted molar refractivity (Wildman–Crippen MR) is 85.5 cm³/mol. The molecule has 1 aliphatic rings. The number of anilines is 1. The number of hydrogen-bond acceptors (Lipinski definition) is 2. The Labute approximate surface area is 125 Å². The highest BCUT2D eigenvalue weighted by Crippen LogP contribution is 2.34. The van der Waals surface area contributed by atoms with Crippen molar-refractivity contribution in [3.63, 3.8) is 0 Å². The van der Waals surface area contributed by atoms with Crippen LogP contribution in [-0.2, 0) is 17.6 Å². The molecule has 0 atom stereocenters. The molecule has 0 bridgehead atoms. The molecule has 0 saturated heterocycles. The van der Waals surface area contributed by atoms with Crippen LogP contribution in [0.4, 0.5) is 5.69 Å². The molecule has 0 radical (unpaired) electrons. The van der Waals surface area contributed by atoms with E-state index in [0.717, 1.165) is 30.3 Å². The van der Waals surface area contributed by atoms with Crippen LogP contribution >= 0.6 is 12.4 Å². The summed E-state index contributed by atoms with van der Waals surface area (Å²) in [5.41, 5.74) is 9.14. The summed E-state index contributed by atoms with van der Waals surface area (Å²) < 4.78 is 0. The van der Waals surface area contributed by atoms with Gasteiger partial charge in [-0.25, -0.2) is 0 Å². The van der Waals surface area contributed by atoms with E-state index in [1.165, 1.54) is 16.5 Å². The van der Waals surface area contributed by atoms with Crippen LogP contribution in [0.15, 0.2) is 30.3 Å². The second kappa shape index (κ2) is 6.25. The maximum atomic E-state index is 11.8. The van der Waals surface area contributed by atoms with E-state index in [4.69, 9.17) is 5.73 Å². The summed E-state index contributed by atoms with van der Waals surface area (Å²) in [5.74, 6) is 0.0455. The zero-order chi connectivity index (χ0) is 13.2. The van der Waals surface area contributed by atoms with Crippen LogP contribution in [0.2, 0.25) is 0 Å². The van der Waals surface area contributed by atoms with Gasteiger partial charge in [0.25, 0.3) is 0 Å². The van der Waals surface area contributed by atoms with Crippen LogP contribution in [0.3, 0.4) is 0 Å².